The molecule has 1 aliphatic rings. The van der Waals surface area contributed by atoms with Gasteiger partial charge in [-0.05, 0) is 25.0 Å². The first-order valence-electron chi connectivity index (χ1n) is 9.52. The van der Waals surface area contributed by atoms with E-state index in [2.05, 4.69) is 25.3 Å². The van der Waals surface area contributed by atoms with E-state index >= 15 is 0 Å². The molecule has 2 N–H and O–H groups in total. The number of thiophene rings is 1. The Labute approximate surface area is 179 Å². The lowest BCUT2D eigenvalue weighted by molar-refractivity contribution is -0.274. The number of fused-ring (bicyclic) bond motifs is 1. The molecule has 0 saturated carbocycles. The summed E-state index contributed by atoms with van der Waals surface area (Å²) in [5, 5.41) is 6.77. The summed E-state index contributed by atoms with van der Waals surface area (Å²) in [6, 6.07) is 5.83. The topological polar surface area (TPSA) is 85.4 Å². The molecule has 11 heteroatoms. The molecule has 31 heavy (non-hydrogen) atoms. The Balaban J connectivity index is 1.53. The second-order valence-electron chi connectivity index (χ2n) is 7.00. The number of carbonyl (C=O) groups excluding carboxylic acids is 1. The summed E-state index contributed by atoms with van der Waals surface area (Å²) in [5.74, 6) is -0.116. The number of anilines is 1. The quantitative estimate of drug-likeness (QED) is 0.588. The van der Waals surface area contributed by atoms with E-state index in [1.807, 2.05) is 0 Å². The van der Waals surface area contributed by atoms with Crippen molar-refractivity contribution < 1.29 is 27.4 Å². The van der Waals surface area contributed by atoms with Gasteiger partial charge in [0, 0.05) is 18.7 Å². The van der Waals surface area contributed by atoms with Crippen LogP contribution in [0, 0.1) is 6.92 Å². The third-order valence-electron chi connectivity index (χ3n) is 4.84. The number of nitrogens with zero attached hydrogens (tertiary/aromatic N) is 2. The van der Waals surface area contributed by atoms with Crippen LogP contribution in [0.3, 0.4) is 0 Å². The molecule has 0 radical (unpaired) electrons. The number of ether oxygens (including phenoxy) is 2. The molecule has 1 aromatic carbocycles. The van der Waals surface area contributed by atoms with Gasteiger partial charge in [0.05, 0.1) is 22.9 Å². The van der Waals surface area contributed by atoms with Crippen LogP contribution in [0.25, 0.3) is 10.2 Å². The van der Waals surface area contributed by atoms with E-state index in [9.17, 15) is 18.0 Å². The lowest BCUT2D eigenvalue weighted by Gasteiger charge is -2.13. The van der Waals surface area contributed by atoms with Gasteiger partial charge in [-0.1, -0.05) is 18.2 Å². The maximum absolute atomic E-state index is 12.8. The van der Waals surface area contributed by atoms with Crippen LogP contribution < -0.4 is 15.4 Å². The SMILES string of the molecule is Cc1c(C(=O)NCc2ccccc2OC(F)(F)F)sc2ncnc(NC3CCOC3)c12. The van der Waals surface area contributed by atoms with Crippen molar-refractivity contribution in [1.82, 2.24) is 15.3 Å². The lowest BCUT2D eigenvalue weighted by Crippen LogP contribution is -2.24. The first-order chi connectivity index (χ1) is 14.8. The highest BCUT2D eigenvalue weighted by Crippen LogP contribution is 2.34. The third-order valence-corrected chi connectivity index (χ3v) is 6.04. The van der Waals surface area contributed by atoms with E-state index in [0.29, 0.717) is 34.3 Å². The minimum atomic E-state index is -4.81. The molecule has 3 heterocycles. The van der Waals surface area contributed by atoms with Crippen LogP contribution in [0.1, 0.15) is 27.2 Å². The molecule has 1 atom stereocenters. The molecule has 164 valence electrons. The summed E-state index contributed by atoms with van der Waals surface area (Å²) >= 11 is 1.21. The molecule has 1 unspecified atom stereocenters. The van der Waals surface area contributed by atoms with Gasteiger partial charge in [0.1, 0.15) is 22.7 Å². The molecule has 1 aliphatic heterocycles. The number of benzene rings is 1. The minimum Gasteiger partial charge on any atom is -0.405 e. The first-order valence-corrected chi connectivity index (χ1v) is 10.3. The predicted octanol–water partition coefficient (Wildman–Crippen LogP) is 4.03. The Hall–Kier alpha value is -2.92. The zero-order chi connectivity index (χ0) is 22.0. The molecular weight excluding hydrogens is 433 g/mol. The molecule has 1 amide bonds. The van der Waals surface area contributed by atoms with Gasteiger partial charge in [-0.25, -0.2) is 9.97 Å². The van der Waals surface area contributed by atoms with Crippen molar-refractivity contribution >= 4 is 33.3 Å². The molecular formula is C20H19F3N4O3S. The number of hydrogen-bond acceptors (Lipinski definition) is 7. The van der Waals surface area contributed by atoms with Crippen molar-refractivity contribution in [3.8, 4) is 5.75 Å². The summed E-state index contributed by atoms with van der Waals surface area (Å²) in [7, 11) is 0. The fourth-order valence-corrected chi connectivity index (χ4v) is 4.43. The van der Waals surface area contributed by atoms with Gasteiger partial charge in [0.25, 0.3) is 5.91 Å². The van der Waals surface area contributed by atoms with Crippen molar-refractivity contribution in [1.29, 1.82) is 0 Å². The lowest BCUT2D eigenvalue weighted by atomic mass is 10.1. The van der Waals surface area contributed by atoms with Crippen LogP contribution in [-0.4, -0.2) is 41.5 Å². The Bertz CT molecular complexity index is 1100. The predicted molar refractivity (Wildman–Crippen MR) is 109 cm³/mol. The maximum atomic E-state index is 12.8. The molecule has 7 nitrogen and oxygen atoms in total. The number of para-hydroxylation sites is 1. The van der Waals surface area contributed by atoms with Crippen molar-refractivity contribution in [3.63, 3.8) is 0 Å². The largest absolute Gasteiger partial charge is 0.573 e. The number of rotatable bonds is 6. The van der Waals surface area contributed by atoms with E-state index < -0.39 is 12.3 Å². The van der Waals surface area contributed by atoms with Crippen LogP contribution in [0.2, 0.25) is 0 Å². The van der Waals surface area contributed by atoms with Gasteiger partial charge in [0.2, 0.25) is 0 Å². The van der Waals surface area contributed by atoms with Gasteiger partial charge in [-0.15, -0.1) is 24.5 Å². The number of carbonyl (C=O) groups is 1. The summed E-state index contributed by atoms with van der Waals surface area (Å²) in [6.45, 7) is 2.95. The fourth-order valence-electron chi connectivity index (χ4n) is 3.37. The van der Waals surface area contributed by atoms with Gasteiger partial charge in [-0.2, -0.15) is 0 Å². The third kappa shape index (κ3) is 4.88. The van der Waals surface area contributed by atoms with Crippen molar-refractivity contribution in [2.75, 3.05) is 18.5 Å². The van der Waals surface area contributed by atoms with Gasteiger partial charge >= 0.3 is 6.36 Å². The van der Waals surface area contributed by atoms with Crippen LogP contribution in [0.4, 0.5) is 19.0 Å². The summed E-state index contributed by atoms with van der Waals surface area (Å²) in [4.78, 5) is 22.5. The average Bonchev–Trinajstić information content (AvgIpc) is 3.34. The highest BCUT2D eigenvalue weighted by atomic mass is 32.1. The number of amides is 1. The van der Waals surface area contributed by atoms with Crippen LogP contribution >= 0.6 is 11.3 Å². The second kappa shape index (κ2) is 8.67. The average molecular weight is 452 g/mol. The second-order valence-corrected chi connectivity index (χ2v) is 8.00. The molecule has 1 saturated heterocycles. The summed E-state index contributed by atoms with van der Waals surface area (Å²) < 4.78 is 47.2. The smallest absolute Gasteiger partial charge is 0.405 e. The number of halogens is 3. The van der Waals surface area contributed by atoms with Crippen molar-refractivity contribution in [2.24, 2.45) is 0 Å². The van der Waals surface area contributed by atoms with Gasteiger partial charge in [-0.3, -0.25) is 4.79 Å². The minimum absolute atomic E-state index is 0.116. The van der Waals surface area contributed by atoms with Crippen LogP contribution in [0.15, 0.2) is 30.6 Å². The molecule has 4 rings (SSSR count). The monoisotopic (exact) mass is 452 g/mol. The first kappa shape index (κ1) is 21.3. The molecule has 3 aromatic rings. The van der Waals surface area contributed by atoms with E-state index in [1.54, 1.807) is 13.0 Å². The van der Waals surface area contributed by atoms with Crippen molar-refractivity contribution in [3.05, 3.63) is 46.6 Å². The zero-order valence-corrected chi connectivity index (χ0v) is 17.3. The number of alkyl halides is 3. The Morgan fingerprint density at radius 3 is 2.87 bits per heavy atom. The molecule has 0 spiro atoms. The number of aryl methyl sites for hydroxylation is 1. The standard InChI is InChI=1S/C20H19F3N4O3S/c1-11-15-17(27-13-6-7-29-9-13)25-10-26-19(15)31-16(11)18(28)24-8-12-4-2-3-5-14(12)30-20(21,22)23/h2-5,10,13H,6-9H2,1H3,(H,24,28)(H,25,26,27). The normalized spacial score (nSPS) is 16.5. The van der Waals surface area contributed by atoms with Crippen LogP contribution in [0.5, 0.6) is 5.75 Å². The van der Waals surface area contributed by atoms with Crippen molar-refractivity contribution in [2.45, 2.75) is 32.3 Å². The Kier molecular flexibility index (Phi) is 5.96. The van der Waals surface area contributed by atoms with Gasteiger partial charge in [0.15, 0.2) is 0 Å². The van der Waals surface area contributed by atoms with Gasteiger partial charge < -0.3 is 20.1 Å². The molecule has 1 fully saturated rings. The number of hydrogen-bond donors (Lipinski definition) is 2. The molecule has 0 aliphatic carbocycles. The Morgan fingerprint density at radius 2 is 2.13 bits per heavy atom. The molecule has 0 bridgehead atoms. The summed E-state index contributed by atoms with van der Waals surface area (Å²) in [5.41, 5.74) is 0.926. The van der Waals surface area contributed by atoms with Crippen LogP contribution in [-0.2, 0) is 11.3 Å². The highest BCUT2D eigenvalue weighted by molar-refractivity contribution is 7.20. The zero-order valence-electron chi connectivity index (χ0n) is 16.5. The van der Waals surface area contributed by atoms with E-state index in [4.69, 9.17) is 4.74 Å². The number of aromatic nitrogens is 2. The fraction of sp³-hybridized carbons (Fsp3) is 0.350. The Morgan fingerprint density at radius 1 is 1.32 bits per heavy atom. The van der Waals surface area contributed by atoms with E-state index in [1.165, 1.54) is 35.9 Å². The number of nitrogens with one attached hydrogen (secondary N) is 2. The summed E-state index contributed by atoms with van der Waals surface area (Å²) in [6.07, 6.45) is -2.52. The van der Waals surface area contributed by atoms with E-state index in [0.717, 1.165) is 11.8 Å². The van der Waals surface area contributed by atoms with E-state index in [-0.39, 0.29) is 23.9 Å². The molecule has 2 aromatic heterocycles. The highest BCUT2D eigenvalue weighted by Gasteiger charge is 2.32. The maximum Gasteiger partial charge on any atom is 0.573 e.